The summed E-state index contributed by atoms with van der Waals surface area (Å²) in [6.07, 6.45) is 1.36. The Morgan fingerprint density at radius 1 is 1.28 bits per heavy atom. The Hall–Kier alpha value is -2.07. The molecule has 0 radical (unpaired) electrons. The molecule has 0 saturated carbocycles. The fourth-order valence-corrected chi connectivity index (χ4v) is 2.20. The number of hydrogen-bond acceptors (Lipinski definition) is 3. The molecule has 2 aromatic heterocycles. The third-order valence-corrected chi connectivity index (χ3v) is 3.09. The minimum atomic E-state index is -0.654. The number of benzene rings is 1. The van der Waals surface area contributed by atoms with Crippen LogP contribution in [0.2, 0.25) is 0 Å². The van der Waals surface area contributed by atoms with E-state index >= 15 is 0 Å². The van der Waals surface area contributed by atoms with E-state index in [2.05, 4.69) is 5.10 Å². The van der Waals surface area contributed by atoms with Gasteiger partial charge >= 0.3 is 0 Å². The van der Waals surface area contributed by atoms with Crippen LogP contribution in [0, 0.1) is 0 Å². The molecule has 1 atom stereocenters. The average Bonchev–Trinajstić information content (AvgIpc) is 3.00. The van der Waals surface area contributed by atoms with Crippen molar-refractivity contribution >= 4 is 10.9 Å². The summed E-state index contributed by atoms with van der Waals surface area (Å²) in [6, 6.07) is 11.5. The predicted molar refractivity (Wildman–Crippen MR) is 68.1 cm³/mol. The van der Waals surface area contributed by atoms with Gasteiger partial charge in [0, 0.05) is 18.9 Å². The largest absolute Gasteiger partial charge is 0.467 e. The van der Waals surface area contributed by atoms with Crippen LogP contribution in [0.3, 0.4) is 0 Å². The van der Waals surface area contributed by atoms with E-state index in [1.807, 2.05) is 36.0 Å². The SMILES string of the molecule is Cn1nc(CC(O)c2ccco2)c2ccccc21. The summed E-state index contributed by atoms with van der Waals surface area (Å²) in [4.78, 5) is 0. The molecule has 0 amide bonds. The number of para-hydroxylation sites is 1. The lowest BCUT2D eigenvalue weighted by atomic mass is 10.1. The van der Waals surface area contributed by atoms with E-state index in [1.54, 1.807) is 18.4 Å². The number of aromatic nitrogens is 2. The van der Waals surface area contributed by atoms with Gasteiger partial charge < -0.3 is 9.52 Å². The highest BCUT2D eigenvalue weighted by molar-refractivity contribution is 5.81. The Balaban J connectivity index is 1.96. The smallest absolute Gasteiger partial charge is 0.132 e. The van der Waals surface area contributed by atoms with Gasteiger partial charge in [-0.2, -0.15) is 5.10 Å². The Labute approximate surface area is 104 Å². The summed E-state index contributed by atoms with van der Waals surface area (Å²) in [6.45, 7) is 0. The molecule has 1 unspecified atom stereocenters. The quantitative estimate of drug-likeness (QED) is 0.767. The van der Waals surface area contributed by atoms with Crippen molar-refractivity contribution < 1.29 is 9.52 Å². The molecule has 3 rings (SSSR count). The summed E-state index contributed by atoms with van der Waals surface area (Å²) >= 11 is 0. The van der Waals surface area contributed by atoms with Gasteiger partial charge in [0.25, 0.3) is 0 Å². The summed E-state index contributed by atoms with van der Waals surface area (Å²) < 4.78 is 7.03. The molecule has 4 nitrogen and oxygen atoms in total. The Morgan fingerprint density at radius 2 is 2.11 bits per heavy atom. The third-order valence-electron chi connectivity index (χ3n) is 3.09. The molecule has 4 heteroatoms. The zero-order valence-electron chi connectivity index (χ0n) is 10.1. The average molecular weight is 242 g/mol. The van der Waals surface area contributed by atoms with E-state index in [0.29, 0.717) is 12.2 Å². The molecule has 2 heterocycles. The van der Waals surface area contributed by atoms with Crippen LogP contribution in [0.1, 0.15) is 17.6 Å². The van der Waals surface area contributed by atoms with Crippen molar-refractivity contribution in [3.05, 3.63) is 54.1 Å². The fraction of sp³-hybridized carbons (Fsp3) is 0.214. The standard InChI is InChI=1S/C14H14N2O2/c1-16-12-6-3-2-5-10(12)11(15-16)9-13(17)14-7-4-8-18-14/h2-8,13,17H,9H2,1H3. The first-order chi connectivity index (χ1) is 8.75. The molecule has 18 heavy (non-hydrogen) atoms. The van der Waals surface area contributed by atoms with Crippen molar-refractivity contribution in [2.24, 2.45) is 7.05 Å². The van der Waals surface area contributed by atoms with Crippen LogP contribution in [0.4, 0.5) is 0 Å². The normalized spacial score (nSPS) is 13.0. The van der Waals surface area contributed by atoms with Crippen LogP contribution in [0.15, 0.2) is 47.1 Å². The number of fused-ring (bicyclic) bond motifs is 1. The van der Waals surface area contributed by atoms with Gasteiger partial charge in [-0.15, -0.1) is 0 Å². The molecule has 0 fully saturated rings. The Morgan fingerprint density at radius 3 is 2.89 bits per heavy atom. The minimum absolute atomic E-state index is 0.453. The van der Waals surface area contributed by atoms with Crippen molar-refractivity contribution in [3.63, 3.8) is 0 Å². The van der Waals surface area contributed by atoms with Gasteiger partial charge in [0.2, 0.25) is 0 Å². The maximum atomic E-state index is 10.1. The van der Waals surface area contributed by atoms with E-state index < -0.39 is 6.10 Å². The highest BCUT2D eigenvalue weighted by Crippen LogP contribution is 2.23. The van der Waals surface area contributed by atoms with E-state index in [0.717, 1.165) is 16.6 Å². The molecule has 92 valence electrons. The summed E-state index contributed by atoms with van der Waals surface area (Å²) in [5, 5.41) is 15.6. The van der Waals surface area contributed by atoms with E-state index in [4.69, 9.17) is 4.42 Å². The van der Waals surface area contributed by atoms with Crippen molar-refractivity contribution in [2.75, 3.05) is 0 Å². The van der Waals surface area contributed by atoms with Gasteiger partial charge in [-0.1, -0.05) is 18.2 Å². The minimum Gasteiger partial charge on any atom is -0.467 e. The van der Waals surface area contributed by atoms with Crippen LogP contribution in [-0.2, 0) is 13.5 Å². The fourth-order valence-electron chi connectivity index (χ4n) is 2.20. The summed E-state index contributed by atoms with van der Waals surface area (Å²) in [7, 11) is 1.91. The zero-order chi connectivity index (χ0) is 12.5. The van der Waals surface area contributed by atoms with Crippen molar-refractivity contribution in [1.82, 2.24) is 9.78 Å². The van der Waals surface area contributed by atoms with Crippen molar-refractivity contribution in [3.8, 4) is 0 Å². The number of hydrogen-bond donors (Lipinski definition) is 1. The second-order valence-electron chi connectivity index (χ2n) is 4.32. The molecule has 0 aliphatic carbocycles. The van der Waals surface area contributed by atoms with Gasteiger partial charge in [0.1, 0.15) is 11.9 Å². The first-order valence-corrected chi connectivity index (χ1v) is 5.88. The lowest BCUT2D eigenvalue weighted by molar-refractivity contribution is 0.149. The third kappa shape index (κ3) is 1.80. The number of aliphatic hydroxyl groups is 1. The van der Waals surface area contributed by atoms with E-state index in [-0.39, 0.29) is 0 Å². The van der Waals surface area contributed by atoms with Crippen LogP contribution in [0.25, 0.3) is 10.9 Å². The van der Waals surface area contributed by atoms with Crippen LogP contribution >= 0.6 is 0 Å². The first-order valence-electron chi connectivity index (χ1n) is 5.88. The second-order valence-corrected chi connectivity index (χ2v) is 4.32. The maximum absolute atomic E-state index is 10.1. The molecule has 0 saturated heterocycles. The zero-order valence-corrected chi connectivity index (χ0v) is 10.1. The molecular formula is C14H14N2O2. The summed E-state index contributed by atoms with van der Waals surface area (Å²) in [5.74, 6) is 0.574. The maximum Gasteiger partial charge on any atom is 0.132 e. The molecule has 0 bridgehead atoms. The predicted octanol–water partition coefficient (Wildman–Crippen LogP) is 2.44. The number of rotatable bonds is 3. The molecule has 0 aliphatic heterocycles. The number of nitrogens with zero attached hydrogens (tertiary/aromatic N) is 2. The van der Waals surface area contributed by atoms with Crippen molar-refractivity contribution in [1.29, 1.82) is 0 Å². The van der Waals surface area contributed by atoms with E-state index in [1.165, 1.54) is 0 Å². The molecule has 0 spiro atoms. The number of aliphatic hydroxyl groups excluding tert-OH is 1. The number of aryl methyl sites for hydroxylation is 1. The van der Waals surface area contributed by atoms with E-state index in [9.17, 15) is 5.11 Å². The molecule has 0 aliphatic rings. The van der Waals surface area contributed by atoms with Gasteiger partial charge in [-0.25, -0.2) is 0 Å². The van der Waals surface area contributed by atoms with Crippen molar-refractivity contribution in [2.45, 2.75) is 12.5 Å². The highest BCUT2D eigenvalue weighted by Gasteiger charge is 2.16. The van der Waals surface area contributed by atoms with Crippen LogP contribution in [0.5, 0.6) is 0 Å². The lowest BCUT2D eigenvalue weighted by Gasteiger charge is -2.05. The summed E-state index contributed by atoms with van der Waals surface area (Å²) in [5.41, 5.74) is 1.95. The molecular weight excluding hydrogens is 228 g/mol. The van der Waals surface area contributed by atoms with Crippen LogP contribution in [-0.4, -0.2) is 14.9 Å². The van der Waals surface area contributed by atoms with Gasteiger partial charge in [0.15, 0.2) is 0 Å². The van der Waals surface area contributed by atoms with Gasteiger partial charge in [0.05, 0.1) is 17.5 Å². The first kappa shape index (κ1) is 11.0. The monoisotopic (exact) mass is 242 g/mol. The van der Waals surface area contributed by atoms with Crippen LogP contribution < -0.4 is 0 Å². The van der Waals surface area contributed by atoms with Gasteiger partial charge in [-0.05, 0) is 18.2 Å². The number of furan rings is 1. The Kier molecular flexibility index (Phi) is 2.64. The second kappa shape index (κ2) is 4.31. The molecule has 1 N–H and O–H groups in total. The molecule has 1 aromatic carbocycles. The molecule has 3 aromatic rings. The highest BCUT2D eigenvalue weighted by atomic mass is 16.4. The topological polar surface area (TPSA) is 51.2 Å². The lowest BCUT2D eigenvalue weighted by Crippen LogP contribution is -2.02. The van der Waals surface area contributed by atoms with Gasteiger partial charge in [-0.3, -0.25) is 4.68 Å². The Bertz CT molecular complexity index is 656.